The second-order valence-electron chi connectivity index (χ2n) is 3.89. The number of hydrogen-bond acceptors (Lipinski definition) is 2. The summed E-state index contributed by atoms with van der Waals surface area (Å²) in [5, 5.41) is 8.55. The first kappa shape index (κ1) is 8.29. The Balaban J connectivity index is 2.14. The fraction of sp³-hybridized carbons (Fsp3) is 0.556. The van der Waals surface area contributed by atoms with E-state index in [1.165, 1.54) is 0 Å². The van der Waals surface area contributed by atoms with E-state index in [-0.39, 0.29) is 11.8 Å². The zero-order valence-corrected chi connectivity index (χ0v) is 7.50. The summed E-state index contributed by atoms with van der Waals surface area (Å²) >= 11 is 0. The van der Waals surface area contributed by atoms with Crippen LogP contribution < -0.4 is 0 Å². The Labute approximate surface area is 76.0 Å². The number of nitrogens with one attached hydrogen (secondary N) is 1. The molecular weight excluding hydrogens is 168 g/mol. The van der Waals surface area contributed by atoms with Crippen LogP contribution in [0.2, 0.25) is 0 Å². The van der Waals surface area contributed by atoms with Crippen molar-refractivity contribution >= 4 is 5.97 Å². The Kier molecular flexibility index (Phi) is 1.65. The average Bonchev–Trinajstić information content (AvgIpc) is 2.62. The molecule has 2 rings (SSSR count). The number of carboxylic acid groups (broad SMARTS) is 1. The van der Waals surface area contributed by atoms with Crippen molar-refractivity contribution in [3.05, 3.63) is 17.7 Å². The van der Waals surface area contributed by atoms with E-state index >= 15 is 0 Å². The first-order valence-corrected chi connectivity index (χ1v) is 4.36. The molecule has 2 N–H and O–H groups in total. The molecule has 0 unspecified atom stereocenters. The minimum atomic E-state index is -0.823. The Hall–Kier alpha value is -1.32. The number of carboxylic acids is 1. The molecule has 1 aromatic heterocycles. The molecule has 0 atom stereocenters. The van der Waals surface area contributed by atoms with Gasteiger partial charge in [0, 0.05) is 17.3 Å². The van der Waals surface area contributed by atoms with Crippen LogP contribution in [0.15, 0.2) is 6.20 Å². The van der Waals surface area contributed by atoms with Crippen molar-refractivity contribution in [2.45, 2.75) is 31.6 Å². The monoisotopic (exact) mass is 180 g/mol. The third-order valence-corrected chi connectivity index (χ3v) is 2.54. The van der Waals surface area contributed by atoms with Gasteiger partial charge in [-0.2, -0.15) is 0 Å². The zero-order chi connectivity index (χ0) is 9.47. The number of imidazole rings is 1. The van der Waals surface area contributed by atoms with E-state index in [1.807, 2.05) is 0 Å². The Morgan fingerprint density at radius 3 is 3.00 bits per heavy atom. The van der Waals surface area contributed by atoms with E-state index in [4.69, 9.17) is 5.11 Å². The quantitative estimate of drug-likeness (QED) is 0.731. The van der Waals surface area contributed by atoms with E-state index in [1.54, 1.807) is 6.20 Å². The van der Waals surface area contributed by atoms with Crippen molar-refractivity contribution in [2.75, 3.05) is 0 Å². The first-order chi connectivity index (χ1) is 6.10. The molecule has 0 aromatic carbocycles. The van der Waals surface area contributed by atoms with Crippen LogP contribution in [0, 0.1) is 0 Å². The van der Waals surface area contributed by atoms with Crippen molar-refractivity contribution < 1.29 is 9.90 Å². The minimum Gasteiger partial charge on any atom is -0.481 e. The third kappa shape index (κ3) is 1.56. The fourth-order valence-electron chi connectivity index (χ4n) is 1.34. The van der Waals surface area contributed by atoms with Gasteiger partial charge in [0.15, 0.2) is 0 Å². The van der Waals surface area contributed by atoms with Crippen LogP contribution in [0.25, 0.3) is 0 Å². The molecule has 0 radical (unpaired) electrons. The lowest BCUT2D eigenvalue weighted by atomic mass is 10.1. The minimum absolute atomic E-state index is 0.0308. The summed E-state index contributed by atoms with van der Waals surface area (Å²) in [6, 6.07) is 0. The van der Waals surface area contributed by atoms with E-state index in [9.17, 15) is 4.79 Å². The number of aliphatic carboxylic acids is 1. The van der Waals surface area contributed by atoms with Gasteiger partial charge < -0.3 is 10.1 Å². The van der Waals surface area contributed by atoms with E-state index in [2.05, 4.69) is 16.9 Å². The van der Waals surface area contributed by atoms with Crippen molar-refractivity contribution in [3.8, 4) is 0 Å². The van der Waals surface area contributed by atoms with Crippen molar-refractivity contribution in [1.82, 2.24) is 9.97 Å². The Morgan fingerprint density at radius 2 is 2.46 bits per heavy atom. The molecule has 1 aliphatic rings. The average molecular weight is 180 g/mol. The van der Waals surface area contributed by atoms with Gasteiger partial charge >= 0.3 is 5.97 Å². The predicted octanol–water partition coefficient (Wildman–Crippen LogP) is 1.09. The summed E-state index contributed by atoms with van der Waals surface area (Å²) in [6.45, 7) is 2.14. The maximum Gasteiger partial charge on any atom is 0.309 e. The fourth-order valence-corrected chi connectivity index (χ4v) is 1.34. The standard InChI is InChI=1S/C9H12N2O2/c1-9(2-3-9)8-10-5-6(11-8)4-7(12)13/h5H,2-4H2,1H3,(H,10,11)(H,12,13). The highest BCUT2D eigenvalue weighted by Crippen LogP contribution is 2.45. The van der Waals surface area contributed by atoms with Crippen LogP contribution in [0.1, 0.15) is 31.3 Å². The molecular formula is C9H12N2O2. The van der Waals surface area contributed by atoms with Crippen molar-refractivity contribution in [1.29, 1.82) is 0 Å². The van der Waals surface area contributed by atoms with Crippen LogP contribution in [0.4, 0.5) is 0 Å². The van der Waals surface area contributed by atoms with Gasteiger partial charge in [-0.15, -0.1) is 0 Å². The molecule has 0 spiro atoms. The Bertz CT molecular complexity index is 339. The van der Waals surface area contributed by atoms with Gasteiger partial charge in [0.2, 0.25) is 0 Å². The molecule has 1 fully saturated rings. The summed E-state index contributed by atoms with van der Waals surface area (Å²) in [4.78, 5) is 17.6. The molecule has 0 amide bonds. The summed E-state index contributed by atoms with van der Waals surface area (Å²) < 4.78 is 0. The molecule has 4 heteroatoms. The lowest BCUT2D eigenvalue weighted by Crippen LogP contribution is -2.04. The van der Waals surface area contributed by atoms with Crippen LogP contribution in [0.5, 0.6) is 0 Å². The number of hydrogen-bond donors (Lipinski definition) is 2. The lowest BCUT2D eigenvalue weighted by Gasteiger charge is -2.01. The molecule has 1 aliphatic carbocycles. The van der Waals surface area contributed by atoms with Crippen LogP contribution in [-0.4, -0.2) is 21.0 Å². The van der Waals surface area contributed by atoms with Gasteiger partial charge in [-0.1, -0.05) is 6.92 Å². The molecule has 0 bridgehead atoms. The normalized spacial score (nSPS) is 18.5. The maximum absolute atomic E-state index is 10.4. The highest BCUT2D eigenvalue weighted by molar-refractivity contribution is 5.69. The second kappa shape index (κ2) is 2.58. The summed E-state index contributed by atoms with van der Waals surface area (Å²) in [6.07, 6.45) is 3.94. The molecule has 1 saturated carbocycles. The van der Waals surface area contributed by atoms with E-state index in [0.29, 0.717) is 5.69 Å². The lowest BCUT2D eigenvalue weighted by molar-refractivity contribution is -0.136. The largest absolute Gasteiger partial charge is 0.481 e. The SMILES string of the molecule is CC1(c2ncc(CC(=O)O)[nH]2)CC1. The summed E-state index contributed by atoms with van der Waals surface area (Å²) in [7, 11) is 0. The van der Waals surface area contributed by atoms with Gasteiger partial charge in [0.05, 0.1) is 6.42 Å². The molecule has 70 valence electrons. The topological polar surface area (TPSA) is 66.0 Å². The molecule has 0 saturated heterocycles. The molecule has 13 heavy (non-hydrogen) atoms. The van der Waals surface area contributed by atoms with Crippen LogP contribution >= 0.6 is 0 Å². The highest BCUT2D eigenvalue weighted by Gasteiger charge is 2.41. The number of H-pyrrole nitrogens is 1. The number of aromatic nitrogens is 2. The van der Waals surface area contributed by atoms with E-state index < -0.39 is 5.97 Å². The van der Waals surface area contributed by atoms with Gasteiger partial charge in [-0.25, -0.2) is 4.98 Å². The maximum atomic E-state index is 10.4. The number of nitrogens with zero attached hydrogens (tertiary/aromatic N) is 1. The molecule has 0 aliphatic heterocycles. The smallest absolute Gasteiger partial charge is 0.309 e. The van der Waals surface area contributed by atoms with Gasteiger partial charge in [-0.05, 0) is 12.8 Å². The summed E-state index contributed by atoms with van der Waals surface area (Å²) in [5.41, 5.74) is 0.882. The molecule has 1 heterocycles. The van der Waals surface area contributed by atoms with Crippen LogP contribution in [0.3, 0.4) is 0 Å². The van der Waals surface area contributed by atoms with Crippen molar-refractivity contribution in [2.24, 2.45) is 0 Å². The highest BCUT2D eigenvalue weighted by atomic mass is 16.4. The zero-order valence-electron chi connectivity index (χ0n) is 7.50. The first-order valence-electron chi connectivity index (χ1n) is 4.36. The summed E-state index contributed by atoms with van der Waals surface area (Å²) in [5.74, 6) is 0.111. The van der Waals surface area contributed by atoms with Gasteiger partial charge in [-0.3, -0.25) is 4.79 Å². The van der Waals surface area contributed by atoms with E-state index in [0.717, 1.165) is 18.7 Å². The number of carbonyl (C=O) groups is 1. The number of aromatic amines is 1. The number of rotatable bonds is 3. The Morgan fingerprint density at radius 1 is 1.77 bits per heavy atom. The van der Waals surface area contributed by atoms with Gasteiger partial charge in [0.25, 0.3) is 0 Å². The van der Waals surface area contributed by atoms with Gasteiger partial charge in [0.1, 0.15) is 5.82 Å². The molecule has 4 nitrogen and oxygen atoms in total. The van der Waals surface area contributed by atoms with Crippen LogP contribution in [-0.2, 0) is 16.6 Å². The second-order valence-corrected chi connectivity index (χ2v) is 3.89. The third-order valence-electron chi connectivity index (χ3n) is 2.54. The molecule has 1 aromatic rings. The van der Waals surface area contributed by atoms with Crippen molar-refractivity contribution in [3.63, 3.8) is 0 Å². The predicted molar refractivity (Wildman–Crippen MR) is 46.5 cm³/mol.